The molecule has 4 aromatic rings. The van der Waals surface area contributed by atoms with E-state index in [1.165, 1.54) is 0 Å². The van der Waals surface area contributed by atoms with Crippen molar-refractivity contribution in [2.45, 2.75) is 25.6 Å². The van der Waals surface area contributed by atoms with E-state index in [-0.39, 0.29) is 12.1 Å². The van der Waals surface area contributed by atoms with Gasteiger partial charge in [0.05, 0.1) is 24.5 Å². The van der Waals surface area contributed by atoms with E-state index in [1.54, 1.807) is 12.5 Å². The minimum absolute atomic E-state index is 0.149. The van der Waals surface area contributed by atoms with E-state index < -0.39 is 0 Å². The molecule has 1 aromatic carbocycles. The monoisotopic (exact) mass is 449 g/mol. The zero-order valence-electron chi connectivity index (χ0n) is 16.8. The topological polar surface area (TPSA) is 54.4 Å². The predicted molar refractivity (Wildman–Crippen MR) is 124 cm³/mol. The molecule has 2 atom stereocenters. The lowest BCUT2D eigenvalue weighted by atomic mass is 10.0. The Labute approximate surface area is 190 Å². The summed E-state index contributed by atoms with van der Waals surface area (Å²) in [6.45, 7) is 2.51. The molecule has 1 fully saturated rings. The summed E-state index contributed by atoms with van der Waals surface area (Å²) < 4.78 is 11.9. The summed E-state index contributed by atoms with van der Waals surface area (Å²) in [5, 5.41) is 4.76. The van der Waals surface area contributed by atoms with Crippen molar-refractivity contribution in [1.82, 2.24) is 15.2 Å². The van der Waals surface area contributed by atoms with E-state index in [9.17, 15) is 0 Å². The van der Waals surface area contributed by atoms with Gasteiger partial charge in [0.15, 0.2) is 5.11 Å². The Morgan fingerprint density at radius 3 is 2.77 bits per heavy atom. The number of hydrogen-bond acceptors (Lipinski definition) is 4. The smallest absolute Gasteiger partial charge is 0.170 e. The summed E-state index contributed by atoms with van der Waals surface area (Å²) in [4.78, 5) is 6.64. The molecule has 0 aliphatic carbocycles. The van der Waals surface area contributed by atoms with E-state index >= 15 is 0 Å². The third-order valence-electron chi connectivity index (χ3n) is 5.48. The molecular weight excluding hydrogens is 430 g/mol. The van der Waals surface area contributed by atoms with Crippen LogP contribution in [0.15, 0.2) is 82.0 Å². The van der Waals surface area contributed by atoms with E-state index in [4.69, 9.17) is 32.7 Å². The van der Waals surface area contributed by atoms with Crippen LogP contribution in [0.1, 0.15) is 34.9 Å². The summed E-state index contributed by atoms with van der Waals surface area (Å²) in [5.74, 6) is 2.38. The van der Waals surface area contributed by atoms with Crippen molar-refractivity contribution in [2.75, 3.05) is 0 Å². The maximum Gasteiger partial charge on any atom is 0.170 e. The molecule has 0 bridgehead atoms. The van der Waals surface area contributed by atoms with Gasteiger partial charge in [-0.25, -0.2) is 0 Å². The number of furan rings is 2. The predicted octanol–water partition coefficient (Wildman–Crippen LogP) is 6.07. The molecule has 7 heteroatoms. The number of nitrogens with zero attached hydrogens (tertiary/aromatic N) is 2. The van der Waals surface area contributed by atoms with E-state index in [0.29, 0.717) is 16.7 Å². The van der Waals surface area contributed by atoms with Crippen LogP contribution >= 0.6 is 23.8 Å². The molecule has 0 unspecified atom stereocenters. The van der Waals surface area contributed by atoms with Gasteiger partial charge in [-0.3, -0.25) is 4.98 Å². The highest BCUT2D eigenvalue weighted by Crippen LogP contribution is 2.41. The van der Waals surface area contributed by atoms with Gasteiger partial charge in [0.2, 0.25) is 0 Å². The molecule has 1 saturated heterocycles. The van der Waals surface area contributed by atoms with Crippen LogP contribution in [-0.2, 0) is 6.54 Å². The quantitative estimate of drug-likeness (QED) is 0.373. The van der Waals surface area contributed by atoms with Gasteiger partial charge >= 0.3 is 0 Å². The molecule has 1 aliphatic heterocycles. The van der Waals surface area contributed by atoms with E-state index in [1.807, 2.05) is 67.6 Å². The summed E-state index contributed by atoms with van der Waals surface area (Å²) >= 11 is 12.0. The molecule has 5 nitrogen and oxygen atoms in total. The minimum atomic E-state index is -0.179. The molecule has 4 heterocycles. The first-order valence-corrected chi connectivity index (χ1v) is 10.8. The molecular formula is C24H20ClN3O2S. The Morgan fingerprint density at radius 1 is 1.13 bits per heavy atom. The zero-order valence-corrected chi connectivity index (χ0v) is 18.4. The van der Waals surface area contributed by atoms with Crippen LogP contribution in [0, 0.1) is 6.92 Å². The number of hydrogen-bond donors (Lipinski definition) is 1. The average molecular weight is 450 g/mol. The number of benzene rings is 1. The minimum Gasteiger partial charge on any atom is -0.467 e. The van der Waals surface area contributed by atoms with Crippen LogP contribution < -0.4 is 5.32 Å². The zero-order chi connectivity index (χ0) is 21.4. The van der Waals surface area contributed by atoms with Crippen molar-refractivity contribution in [3.8, 4) is 11.3 Å². The molecule has 0 saturated carbocycles. The summed E-state index contributed by atoms with van der Waals surface area (Å²) in [5.41, 5.74) is 2.86. The summed E-state index contributed by atoms with van der Waals surface area (Å²) in [6.07, 6.45) is 3.45. The maximum atomic E-state index is 6.34. The SMILES string of the molecule is Cc1ccc(-c2ccc([C@@H]3[C@@H](c4ccccn4)NC(=S)N3Cc3ccco3)o2)cc1Cl. The molecule has 3 aromatic heterocycles. The fourth-order valence-corrected chi connectivity index (χ4v) is 4.35. The number of aromatic nitrogens is 1. The maximum absolute atomic E-state index is 6.34. The largest absolute Gasteiger partial charge is 0.467 e. The second-order valence-corrected chi connectivity index (χ2v) is 8.29. The highest BCUT2D eigenvalue weighted by atomic mass is 35.5. The Morgan fingerprint density at radius 2 is 2.03 bits per heavy atom. The third-order valence-corrected chi connectivity index (χ3v) is 6.24. The van der Waals surface area contributed by atoms with Gasteiger partial charge in [-0.05, 0) is 67.2 Å². The molecule has 5 rings (SSSR count). The van der Waals surface area contributed by atoms with Crippen molar-refractivity contribution >= 4 is 28.9 Å². The molecule has 0 radical (unpaired) electrons. The number of pyridine rings is 1. The standard InChI is InChI=1S/C24H20ClN3O2S/c1-15-7-8-16(13-18(15)25)20-9-10-21(30-20)23-22(19-6-2-3-11-26-19)27-24(31)28(23)14-17-5-4-12-29-17/h2-13,22-23H,14H2,1H3,(H,27,31)/t22-,23-/m1/s1. The molecule has 0 amide bonds. The Bertz CT molecular complexity index is 1210. The van der Waals surface area contributed by atoms with Gasteiger partial charge in [-0.2, -0.15) is 0 Å². The Kier molecular flexibility index (Phi) is 5.26. The van der Waals surface area contributed by atoms with Crippen LogP contribution in [0.5, 0.6) is 0 Å². The van der Waals surface area contributed by atoms with Gasteiger partial charge in [-0.1, -0.05) is 29.8 Å². The third kappa shape index (κ3) is 3.84. The van der Waals surface area contributed by atoms with Crippen LogP contribution in [0.2, 0.25) is 5.02 Å². The fourth-order valence-electron chi connectivity index (χ4n) is 3.87. The van der Waals surface area contributed by atoms with Gasteiger partial charge < -0.3 is 19.1 Å². The number of halogens is 1. The molecule has 1 aliphatic rings. The summed E-state index contributed by atoms with van der Waals surface area (Å²) in [7, 11) is 0. The normalized spacial score (nSPS) is 18.4. The highest BCUT2D eigenvalue weighted by Gasteiger charge is 2.42. The van der Waals surface area contributed by atoms with Crippen molar-refractivity contribution in [2.24, 2.45) is 0 Å². The van der Waals surface area contributed by atoms with Gasteiger partial charge in [-0.15, -0.1) is 0 Å². The van der Waals surface area contributed by atoms with Crippen LogP contribution in [0.25, 0.3) is 11.3 Å². The molecule has 0 spiro atoms. The average Bonchev–Trinajstić information content (AvgIpc) is 3.52. The molecule has 156 valence electrons. The number of thiocarbonyl (C=S) groups is 1. The van der Waals surface area contributed by atoms with Crippen LogP contribution in [-0.4, -0.2) is 15.0 Å². The second-order valence-electron chi connectivity index (χ2n) is 7.50. The lowest BCUT2D eigenvalue weighted by Gasteiger charge is -2.25. The lowest BCUT2D eigenvalue weighted by molar-refractivity contribution is 0.253. The van der Waals surface area contributed by atoms with Gasteiger partial charge in [0, 0.05) is 16.8 Å². The lowest BCUT2D eigenvalue weighted by Crippen LogP contribution is -2.28. The number of rotatable bonds is 5. The fraction of sp³-hybridized carbons (Fsp3) is 0.167. The van der Waals surface area contributed by atoms with Crippen molar-refractivity contribution < 1.29 is 8.83 Å². The number of nitrogens with one attached hydrogen (secondary N) is 1. The second kappa shape index (κ2) is 8.21. The molecule has 1 N–H and O–H groups in total. The first kappa shape index (κ1) is 19.8. The van der Waals surface area contributed by atoms with E-state index in [2.05, 4.69) is 15.2 Å². The van der Waals surface area contributed by atoms with Gasteiger partial charge in [0.25, 0.3) is 0 Å². The van der Waals surface area contributed by atoms with Crippen molar-refractivity contribution in [3.63, 3.8) is 0 Å². The Balaban J connectivity index is 1.54. The highest BCUT2D eigenvalue weighted by molar-refractivity contribution is 7.80. The summed E-state index contributed by atoms with van der Waals surface area (Å²) in [6, 6.07) is 19.2. The van der Waals surface area contributed by atoms with Crippen molar-refractivity contribution in [3.05, 3.63) is 101 Å². The van der Waals surface area contributed by atoms with Crippen LogP contribution in [0.3, 0.4) is 0 Å². The van der Waals surface area contributed by atoms with Gasteiger partial charge in [0.1, 0.15) is 23.3 Å². The van der Waals surface area contributed by atoms with Crippen molar-refractivity contribution in [1.29, 1.82) is 0 Å². The van der Waals surface area contributed by atoms with Crippen LogP contribution in [0.4, 0.5) is 0 Å². The Hall–Kier alpha value is -3.09. The first-order chi connectivity index (χ1) is 15.1. The van der Waals surface area contributed by atoms with E-state index in [0.717, 1.165) is 34.1 Å². The first-order valence-electron chi connectivity index (χ1n) is 9.97. The molecule has 31 heavy (non-hydrogen) atoms. The number of aryl methyl sites for hydroxylation is 1.